The number of rotatable bonds is 17. The van der Waals surface area contributed by atoms with Gasteiger partial charge in [-0.3, -0.25) is 14.4 Å². The Kier molecular flexibility index (Phi) is 13.5. The van der Waals surface area contributed by atoms with E-state index >= 15 is 0 Å². The lowest BCUT2D eigenvalue weighted by molar-refractivity contribution is -0.137. The molecule has 4 rings (SSSR count). The van der Waals surface area contributed by atoms with E-state index in [1.54, 1.807) is 25.4 Å². The molecule has 0 radical (unpaired) electrons. The second-order valence-corrected chi connectivity index (χ2v) is 14.5. The summed E-state index contributed by atoms with van der Waals surface area (Å²) in [7, 11) is 0. The summed E-state index contributed by atoms with van der Waals surface area (Å²) in [6.45, 7) is 10.8. The SMILES string of the molecule is CCCCCCCOc1ccc(-c2cnc(-c3ccc(C[C@H](NC(=O)c4ccc(C(C)(C)C)s4)C(=O)N[C@H](C)CC(=O)O)cc3)nc2)cc1. The number of aromatic nitrogens is 2. The molecule has 2 amide bonds. The number of carbonyl (C=O) groups is 3. The van der Waals surface area contributed by atoms with E-state index in [4.69, 9.17) is 9.84 Å². The molecule has 9 nitrogen and oxygen atoms in total. The van der Waals surface area contributed by atoms with E-state index in [0.29, 0.717) is 10.7 Å². The molecule has 2 atom stereocenters. The molecule has 0 aliphatic carbocycles. The molecular formula is C39H48N4O5S. The fourth-order valence-electron chi connectivity index (χ4n) is 5.25. The van der Waals surface area contributed by atoms with Crippen molar-refractivity contribution in [2.45, 2.75) is 97.1 Å². The fraction of sp³-hybridized carbons (Fsp3) is 0.410. The van der Waals surface area contributed by atoms with E-state index in [2.05, 4.69) is 48.3 Å². The van der Waals surface area contributed by atoms with Gasteiger partial charge in [0.15, 0.2) is 5.82 Å². The first-order valence-corrected chi connectivity index (χ1v) is 17.8. The van der Waals surface area contributed by atoms with Crippen LogP contribution in [0.4, 0.5) is 0 Å². The van der Waals surface area contributed by atoms with Gasteiger partial charge in [-0.2, -0.15) is 0 Å². The number of nitrogens with zero attached hydrogens (tertiary/aromatic N) is 2. The van der Waals surface area contributed by atoms with Gasteiger partial charge in [0.2, 0.25) is 5.91 Å². The van der Waals surface area contributed by atoms with Gasteiger partial charge in [0.25, 0.3) is 5.91 Å². The van der Waals surface area contributed by atoms with E-state index in [0.717, 1.165) is 45.9 Å². The molecule has 0 aliphatic heterocycles. The molecule has 2 aromatic carbocycles. The van der Waals surface area contributed by atoms with Crippen LogP contribution in [0.2, 0.25) is 0 Å². The first kappa shape index (κ1) is 37.3. The van der Waals surface area contributed by atoms with Crippen LogP contribution in [0, 0.1) is 0 Å². The predicted octanol–water partition coefficient (Wildman–Crippen LogP) is 7.84. The molecule has 2 aromatic heterocycles. The van der Waals surface area contributed by atoms with Gasteiger partial charge < -0.3 is 20.5 Å². The summed E-state index contributed by atoms with van der Waals surface area (Å²) in [6, 6.07) is 17.7. The lowest BCUT2D eigenvalue weighted by Crippen LogP contribution is -2.50. The molecule has 0 fully saturated rings. The average molecular weight is 685 g/mol. The number of hydrogen-bond donors (Lipinski definition) is 3. The Morgan fingerprint density at radius 2 is 1.49 bits per heavy atom. The van der Waals surface area contributed by atoms with E-state index in [9.17, 15) is 14.4 Å². The van der Waals surface area contributed by atoms with Gasteiger partial charge in [0.1, 0.15) is 11.8 Å². The summed E-state index contributed by atoms with van der Waals surface area (Å²) < 4.78 is 5.89. The quantitative estimate of drug-likeness (QED) is 0.0966. The molecule has 0 saturated heterocycles. The van der Waals surface area contributed by atoms with E-state index in [1.165, 1.54) is 37.0 Å². The summed E-state index contributed by atoms with van der Waals surface area (Å²) in [4.78, 5) is 48.4. The van der Waals surface area contributed by atoms with Crippen LogP contribution in [-0.4, -0.2) is 51.5 Å². The highest BCUT2D eigenvalue weighted by Gasteiger charge is 2.26. The largest absolute Gasteiger partial charge is 0.494 e. The average Bonchev–Trinajstić information content (AvgIpc) is 3.58. The molecule has 0 bridgehead atoms. The molecule has 260 valence electrons. The zero-order chi connectivity index (χ0) is 35.4. The number of unbranched alkanes of at least 4 members (excludes halogenated alkanes) is 4. The molecule has 0 unspecified atom stereocenters. The molecule has 3 N–H and O–H groups in total. The Bertz CT molecular complexity index is 1660. The van der Waals surface area contributed by atoms with Gasteiger partial charge in [-0.25, -0.2) is 9.97 Å². The van der Waals surface area contributed by atoms with Gasteiger partial charge >= 0.3 is 5.97 Å². The summed E-state index contributed by atoms with van der Waals surface area (Å²) in [5.74, 6) is -0.391. The second kappa shape index (κ2) is 17.7. The van der Waals surface area contributed by atoms with Crippen LogP contribution in [0.15, 0.2) is 73.1 Å². The van der Waals surface area contributed by atoms with Crippen LogP contribution in [-0.2, 0) is 21.4 Å². The number of thiophene rings is 1. The highest BCUT2D eigenvalue weighted by atomic mass is 32.1. The number of hydrogen-bond acceptors (Lipinski definition) is 7. The van der Waals surface area contributed by atoms with Crippen molar-refractivity contribution < 1.29 is 24.2 Å². The third kappa shape index (κ3) is 11.5. The minimum Gasteiger partial charge on any atom is -0.494 e. The van der Waals surface area contributed by atoms with E-state index in [-0.39, 0.29) is 24.2 Å². The number of aliphatic carboxylic acids is 1. The molecule has 0 saturated carbocycles. The molecule has 2 heterocycles. The van der Waals surface area contributed by atoms with Gasteiger partial charge in [-0.1, -0.05) is 89.8 Å². The molecular weight excluding hydrogens is 637 g/mol. The number of amides is 2. The predicted molar refractivity (Wildman–Crippen MR) is 195 cm³/mol. The monoisotopic (exact) mass is 684 g/mol. The fourth-order valence-corrected chi connectivity index (χ4v) is 6.22. The standard InChI is InChI=1S/C39H48N4O5S/c1-6-7-8-9-10-21-48-31-17-15-28(16-18-31)30-24-40-36(41-25-30)29-13-11-27(12-14-29)23-32(37(46)42-26(2)22-35(44)45)43-38(47)33-19-20-34(49-33)39(3,4)5/h11-20,24-26,32H,6-10,21-23H2,1-5H3,(H,42,46)(H,43,47)(H,44,45)/t26-,32+/m1/s1. The molecule has 0 aliphatic rings. The van der Waals surface area contributed by atoms with Gasteiger partial charge in [0, 0.05) is 40.9 Å². The Hall–Kier alpha value is -4.57. The number of benzene rings is 2. The molecule has 10 heteroatoms. The van der Waals surface area contributed by atoms with Crippen LogP contribution >= 0.6 is 11.3 Å². The van der Waals surface area contributed by atoms with Crippen molar-refractivity contribution in [3.63, 3.8) is 0 Å². The third-order valence-electron chi connectivity index (χ3n) is 8.07. The highest BCUT2D eigenvalue weighted by molar-refractivity contribution is 7.14. The van der Waals surface area contributed by atoms with Crippen LogP contribution in [0.1, 0.15) is 93.3 Å². The zero-order valence-electron chi connectivity index (χ0n) is 29.1. The first-order chi connectivity index (χ1) is 23.4. The maximum Gasteiger partial charge on any atom is 0.305 e. The van der Waals surface area contributed by atoms with Crippen molar-refractivity contribution in [3.8, 4) is 28.3 Å². The van der Waals surface area contributed by atoms with Crippen LogP contribution in [0.3, 0.4) is 0 Å². The van der Waals surface area contributed by atoms with Crippen molar-refractivity contribution in [3.05, 3.63) is 88.4 Å². The Morgan fingerprint density at radius 3 is 2.10 bits per heavy atom. The van der Waals surface area contributed by atoms with Crippen molar-refractivity contribution >= 4 is 29.1 Å². The maximum atomic E-state index is 13.3. The minimum absolute atomic E-state index is 0.105. The molecule has 4 aromatic rings. The van der Waals surface area contributed by atoms with E-state index in [1.807, 2.05) is 54.6 Å². The first-order valence-electron chi connectivity index (χ1n) is 17.0. The van der Waals surface area contributed by atoms with Crippen molar-refractivity contribution in [1.29, 1.82) is 0 Å². The highest BCUT2D eigenvalue weighted by Crippen LogP contribution is 2.29. The Balaban J connectivity index is 1.40. The number of carboxylic acids is 1. The second-order valence-electron chi connectivity index (χ2n) is 13.4. The number of carboxylic acid groups (broad SMARTS) is 1. The molecule has 0 spiro atoms. The summed E-state index contributed by atoms with van der Waals surface area (Å²) in [6.07, 6.45) is 9.60. The maximum absolute atomic E-state index is 13.3. The smallest absolute Gasteiger partial charge is 0.305 e. The lowest BCUT2D eigenvalue weighted by Gasteiger charge is -2.21. The number of ether oxygens (including phenoxy) is 1. The zero-order valence-corrected chi connectivity index (χ0v) is 29.9. The van der Waals surface area contributed by atoms with E-state index < -0.39 is 24.0 Å². The van der Waals surface area contributed by atoms with Crippen molar-refractivity contribution in [1.82, 2.24) is 20.6 Å². The summed E-state index contributed by atoms with van der Waals surface area (Å²) in [5.41, 5.74) is 3.42. The molecule has 49 heavy (non-hydrogen) atoms. The Morgan fingerprint density at radius 1 is 0.837 bits per heavy atom. The normalized spacial score (nSPS) is 12.6. The van der Waals surface area contributed by atoms with Gasteiger partial charge in [-0.05, 0) is 54.2 Å². The number of carbonyl (C=O) groups excluding carboxylic acids is 2. The van der Waals surface area contributed by atoms with Gasteiger partial charge in [-0.15, -0.1) is 11.3 Å². The van der Waals surface area contributed by atoms with Gasteiger partial charge in [0.05, 0.1) is 17.9 Å². The van der Waals surface area contributed by atoms with Crippen LogP contribution < -0.4 is 15.4 Å². The van der Waals surface area contributed by atoms with Crippen LogP contribution in [0.25, 0.3) is 22.5 Å². The minimum atomic E-state index is -1.01. The summed E-state index contributed by atoms with van der Waals surface area (Å²) >= 11 is 1.39. The van der Waals surface area contributed by atoms with Crippen molar-refractivity contribution in [2.24, 2.45) is 0 Å². The summed E-state index contributed by atoms with van der Waals surface area (Å²) in [5, 5.41) is 14.8. The Labute approximate surface area is 293 Å². The topological polar surface area (TPSA) is 131 Å². The third-order valence-corrected chi connectivity index (χ3v) is 9.58. The number of nitrogens with one attached hydrogen (secondary N) is 2. The van der Waals surface area contributed by atoms with Crippen LogP contribution in [0.5, 0.6) is 5.75 Å². The van der Waals surface area contributed by atoms with Crippen molar-refractivity contribution in [2.75, 3.05) is 6.61 Å². The lowest BCUT2D eigenvalue weighted by atomic mass is 9.95.